The molecule has 1 aliphatic heterocycles. The smallest absolute Gasteiger partial charge is 0.0558 e. The summed E-state index contributed by atoms with van der Waals surface area (Å²) in [6.07, 6.45) is 0. The van der Waals surface area contributed by atoms with Crippen molar-refractivity contribution in [1.29, 1.82) is 0 Å². The maximum absolute atomic E-state index is 8.88. The third-order valence-electron chi connectivity index (χ3n) is 2.99. The van der Waals surface area contributed by atoms with Gasteiger partial charge >= 0.3 is 0 Å². The van der Waals surface area contributed by atoms with Crippen LogP contribution in [0.2, 0.25) is 0 Å². The second kappa shape index (κ2) is 4.60. The highest BCUT2D eigenvalue weighted by molar-refractivity contribution is 4.87. The predicted molar refractivity (Wildman–Crippen MR) is 59.4 cm³/mol. The van der Waals surface area contributed by atoms with Crippen LogP contribution in [0.3, 0.4) is 0 Å². The molecule has 1 atom stereocenters. The van der Waals surface area contributed by atoms with E-state index in [-0.39, 0.29) is 12.1 Å². The van der Waals surface area contributed by atoms with E-state index >= 15 is 0 Å². The van der Waals surface area contributed by atoms with E-state index in [0.29, 0.717) is 6.04 Å². The van der Waals surface area contributed by atoms with Crippen LogP contribution in [0.15, 0.2) is 0 Å². The molecule has 0 aromatic heterocycles. The number of hydrogen-bond donors (Lipinski definition) is 1. The Hall–Kier alpha value is -0.120. The molecule has 0 aromatic carbocycles. The molecule has 0 bridgehead atoms. The number of β-amino-alcohol motifs (C(OH)–C–C–N with tert-alkyl or cyclic N) is 1. The Balaban J connectivity index is 2.48. The lowest BCUT2D eigenvalue weighted by molar-refractivity contribution is 0.0130. The van der Waals surface area contributed by atoms with E-state index in [1.807, 2.05) is 0 Å². The molecule has 0 unspecified atom stereocenters. The van der Waals surface area contributed by atoms with Gasteiger partial charge in [-0.25, -0.2) is 0 Å². The zero-order valence-electron chi connectivity index (χ0n) is 9.95. The molecule has 0 amide bonds. The molecule has 1 aliphatic rings. The first-order valence-corrected chi connectivity index (χ1v) is 5.55. The van der Waals surface area contributed by atoms with Crippen LogP contribution in [0.4, 0.5) is 0 Å². The van der Waals surface area contributed by atoms with E-state index in [1.54, 1.807) is 0 Å². The van der Waals surface area contributed by atoms with Crippen LogP contribution in [0.25, 0.3) is 0 Å². The van der Waals surface area contributed by atoms with Gasteiger partial charge in [-0.15, -0.1) is 0 Å². The molecule has 1 rings (SSSR count). The lowest BCUT2D eigenvalue weighted by Gasteiger charge is -2.46. The van der Waals surface area contributed by atoms with E-state index < -0.39 is 0 Å². The summed E-state index contributed by atoms with van der Waals surface area (Å²) in [5.74, 6) is 0. The summed E-state index contributed by atoms with van der Waals surface area (Å²) in [5.41, 5.74) is 0.269. The van der Waals surface area contributed by atoms with Crippen LogP contribution in [0, 0.1) is 0 Å². The minimum atomic E-state index is 0.269. The van der Waals surface area contributed by atoms with Crippen LogP contribution in [-0.4, -0.2) is 59.3 Å². The van der Waals surface area contributed by atoms with Gasteiger partial charge in [-0.1, -0.05) is 0 Å². The maximum atomic E-state index is 8.88. The van der Waals surface area contributed by atoms with Crippen molar-refractivity contribution in [3.63, 3.8) is 0 Å². The number of piperazine rings is 1. The van der Waals surface area contributed by atoms with Gasteiger partial charge in [-0.05, 0) is 27.7 Å². The van der Waals surface area contributed by atoms with Gasteiger partial charge in [0.2, 0.25) is 0 Å². The van der Waals surface area contributed by atoms with Gasteiger partial charge in [-0.3, -0.25) is 9.80 Å². The highest BCUT2D eigenvalue weighted by atomic mass is 16.3. The first-order valence-electron chi connectivity index (χ1n) is 5.55. The first-order chi connectivity index (χ1) is 6.45. The SMILES string of the molecule is C[C@H]1CN(CCO)CCN1C(C)(C)C. The van der Waals surface area contributed by atoms with E-state index in [1.165, 1.54) is 0 Å². The number of aliphatic hydroxyl groups is 1. The molecule has 14 heavy (non-hydrogen) atoms. The van der Waals surface area contributed by atoms with E-state index in [2.05, 4.69) is 37.5 Å². The van der Waals surface area contributed by atoms with Gasteiger partial charge in [0.05, 0.1) is 6.61 Å². The number of hydrogen-bond acceptors (Lipinski definition) is 3. The fourth-order valence-electron chi connectivity index (χ4n) is 2.37. The molecule has 0 aliphatic carbocycles. The molecule has 3 nitrogen and oxygen atoms in total. The molecular formula is C11H24N2O. The molecule has 1 N–H and O–H groups in total. The third-order valence-corrected chi connectivity index (χ3v) is 2.99. The van der Waals surface area contributed by atoms with Crippen molar-refractivity contribution < 1.29 is 5.11 Å². The van der Waals surface area contributed by atoms with Crippen molar-refractivity contribution in [3.05, 3.63) is 0 Å². The highest BCUT2D eigenvalue weighted by Crippen LogP contribution is 2.20. The number of rotatable bonds is 2. The van der Waals surface area contributed by atoms with Crippen molar-refractivity contribution in [3.8, 4) is 0 Å². The van der Waals surface area contributed by atoms with Gasteiger partial charge < -0.3 is 5.11 Å². The molecule has 3 heteroatoms. The van der Waals surface area contributed by atoms with Crippen molar-refractivity contribution in [2.75, 3.05) is 32.8 Å². The Morgan fingerprint density at radius 3 is 2.36 bits per heavy atom. The van der Waals surface area contributed by atoms with Crippen molar-refractivity contribution >= 4 is 0 Å². The molecule has 84 valence electrons. The quantitative estimate of drug-likeness (QED) is 0.714. The van der Waals surface area contributed by atoms with Gasteiger partial charge in [-0.2, -0.15) is 0 Å². The second-order valence-electron chi connectivity index (χ2n) is 5.24. The second-order valence-corrected chi connectivity index (χ2v) is 5.24. The monoisotopic (exact) mass is 200 g/mol. The summed E-state index contributed by atoms with van der Waals surface area (Å²) in [5, 5.41) is 8.88. The number of nitrogens with zero attached hydrogens (tertiary/aromatic N) is 2. The minimum Gasteiger partial charge on any atom is -0.395 e. The predicted octanol–water partition coefficient (Wildman–Crippen LogP) is 0.783. The van der Waals surface area contributed by atoms with Crippen LogP contribution in [-0.2, 0) is 0 Å². The van der Waals surface area contributed by atoms with Crippen molar-refractivity contribution in [2.45, 2.75) is 39.3 Å². The average molecular weight is 200 g/mol. The topological polar surface area (TPSA) is 26.7 Å². The minimum absolute atomic E-state index is 0.269. The standard InChI is InChI=1S/C11H24N2O/c1-10-9-12(7-8-14)5-6-13(10)11(2,3)4/h10,14H,5-9H2,1-4H3/t10-/m0/s1. The van der Waals surface area contributed by atoms with Crippen LogP contribution < -0.4 is 0 Å². The molecule has 1 fully saturated rings. The third kappa shape index (κ3) is 2.94. The molecule has 1 saturated heterocycles. The molecule has 0 radical (unpaired) electrons. The normalized spacial score (nSPS) is 26.8. The molecular weight excluding hydrogens is 176 g/mol. The summed E-state index contributed by atoms with van der Waals surface area (Å²) in [7, 11) is 0. The van der Waals surface area contributed by atoms with Crippen molar-refractivity contribution in [1.82, 2.24) is 9.80 Å². The van der Waals surface area contributed by atoms with Gasteiger partial charge in [0.25, 0.3) is 0 Å². The average Bonchev–Trinajstić information content (AvgIpc) is 2.02. The maximum Gasteiger partial charge on any atom is 0.0558 e. The first kappa shape index (κ1) is 12.0. The van der Waals surface area contributed by atoms with Gasteiger partial charge in [0.15, 0.2) is 0 Å². The largest absolute Gasteiger partial charge is 0.395 e. The Kier molecular flexibility index (Phi) is 3.93. The van der Waals surface area contributed by atoms with Gasteiger partial charge in [0.1, 0.15) is 0 Å². The fourth-order valence-corrected chi connectivity index (χ4v) is 2.37. The fraction of sp³-hybridized carbons (Fsp3) is 1.00. The summed E-state index contributed by atoms with van der Waals surface area (Å²) in [6.45, 7) is 13.5. The van der Waals surface area contributed by atoms with E-state index in [9.17, 15) is 0 Å². The Labute approximate surface area is 87.7 Å². The Bertz CT molecular complexity index is 177. The Morgan fingerprint density at radius 2 is 1.93 bits per heavy atom. The van der Waals surface area contributed by atoms with Crippen molar-refractivity contribution in [2.24, 2.45) is 0 Å². The van der Waals surface area contributed by atoms with E-state index in [4.69, 9.17) is 5.11 Å². The van der Waals surface area contributed by atoms with Crippen LogP contribution in [0.1, 0.15) is 27.7 Å². The van der Waals surface area contributed by atoms with E-state index in [0.717, 1.165) is 26.2 Å². The zero-order chi connectivity index (χ0) is 10.8. The summed E-state index contributed by atoms with van der Waals surface area (Å²) in [4.78, 5) is 4.88. The summed E-state index contributed by atoms with van der Waals surface area (Å²) < 4.78 is 0. The lowest BCUT2D eigenvalue weighted by Crippen LogP contribution is -2.58. The zero-order valence-corrected chi connectivity index (χ0v) is 9.95. The highest BCUT2D eigenvalue weighted by Gasteiger charge is 2.30. The lowest BCUT2D eigenvalue weighted by atomic mass is 10.0. The van der Waals surface area contributed by atoms with Gasteiger partial charge in [0, 0.05) is 37.8 Å². The molecule has 0 aromatic rings. The Morgan fingerprint density at radius 1 is 1.29 bits per heavy atom. The summed E-state index contributed by atoms with van der Waals surface area (Å²) in [6, 6.07) is 0.593. The molecule has 0 saturated carbocycles. The molecule has 0 spiro atoms. The van der Waals surface area contributed by atoms with Crippen LogP contribution in [0.5, 0.6) is 0 Å². The summed E-state index contributed by atoms with van der Waals surface area (Å²) >= 11 is 0. The number of aliphatic hydroxyl groups excluding tert-OH is 1. The van der Waals surface area contributed by atoms with Crippen LogP contribution >= 0.6 is 0 Å². The molecule has 1 heterocycles.